The van der Waals surface area contributed by atoms with Crippen molar-refractivity contribution in [3.63, 3.8) is 0 Å². The Labute approximate surface area is 107 Å². The number of nitrogens with one attached hydrogen (secondary N) is 1. The van der Waals surface area contributed by atoms with E-state index >= 15 is 0 Å². The first kappa shape index (κ1) is 13.1. The standard InChI is InChI=1S/C12H10F2N2O3/c1-2-15-10(17)5-16-9-4-8(14)7(13)3-6(9)11(18)12(16)19/h3-4H,2,5H2,1H3,(H,15,17). The van der Waals surface area contributed by atoms with E-state index in [1.807, 2.05) is 0 Å². The second-order valence-corrected chi connectivity index (χ2v) is 3.96. The van der Waals surface area contributed by atoms with Gasteiger partial charge in [0, 0.05) is 12.6 Å². The molecule has 0 unspecified atom stereocenters. The molecule has 1 aromatic carbocycles. The van der Waals surface area contributed by atoms with E-state index < -0.39 is 35.8 Å². The van der Waals surface area contributed by atoms with Gasteiger partial charge < -0.3 is 5.32 Å². The first-order valence-corrected chi connectivity index (χ1v) is 5.57. The van der Waals surface area contributed by atoms with E-state index in [1.165, 1.54) is 0 Å². The van der Waals surface area contributed by atoms with Crippen LogP contribution in [0.1, 0.15) is 17.3 Å². The first-order valence-electron chi connectivity index (χ1n) is 5.57. The number of rotatable bonds is 3. The van der Waals surface area contributed by atoms with Crippen molar-refractivity contribution in [3.05, 3.63) is 29.3 Å². The second kappa shape index (κ2) is 4.75. The first-order chi connectivity index (χ1) is 8.95. The van der Waals surface area contributed by atoms with Gasteiger partial charge in [0.15, 0.2) is 11.6 Å². The molecule has 1 N–H and O–H groups in total. The molecule has 0 radical (unpaired) electrons. The van der Waals surface area contributed by atoms with Gasteiger partial charge in [0.25, 0.3) is 11.7 Å². The van der Waals surface area contributed by atoms with E-state index in [0.29, 0.717) is 12.6 Å². The van der Waals surface area contributed by atoms with E-state index in [0.717, 1.165) is 11.0 Å². The highest BCUT2D eigenvalue weighted by Gasteiger charge is 2.37. The van der Waals surface area contributed by atoms with Crippen LogP contribution in [0.15, 0.2) is 12.1 Å². The van der Waals surface area contributed by atoms with Crippen molar-refractivity contribution in [1.82, 2.24) is 5.32 Å². The molecule has 0 saturated heterocycles. The van der Waals surface area contributed by atoms with Gasteiger partial charge in [-0.2, -0.15) is 0 Å². The highest BCUT2D eigenvalue weighted by atomic mass is 19.2. The molecule has 2 rings (SSSR count). The van der Waals surface area contributed by atoms with E-state index in [2.05, 4.69) is 5.32 Å². The zero-order valence-corrected chi connectivity index (χ0v) is 10.00. The Kier molecular flexibility index (Phi) is 3.28. The molecule has 100 valence electrons. The lowest BCUT2D eigenvalue weighted by Crippen LogP contribution is -2.40. The number of nitrogens with zero attached hydrogens (tertiary/aromatic N) is 1. The van der Waals surface area contributed by atoms with Crippen LogP contribution in [0.2, 0.25) is 0 Å². The molecule has 0 spiro atoms. The normalized spacial score (nSPS) is 13.7. The van der Waals surface area contributed by atoms with E-state index in [-0.39, 0.29) is 11.3 Å². The maximum atomic E-state index is 13.2. The van der Waals surface area contributed by atoms with E-state index in [9.17, 15) is 23.2 Å². The summed E-state index contributed by atoms with van der Waals surface area (Å²) in [4.78, 5) is 35.5. The van der Waals surface area contributed by atoms with Gasteiger partial charge in [0.2, 0.25) is 5.91 Å². The summed E-state index contributed by atoms with van der Waals surface area (Å²) in [5, 5.41) is 2.45. The molecule has 0 atom stereocenters. The number of benzene rings is 1. The van der Waals surface area contributed by atoms with Gasteiger partial charge in [-0.3, -0.25) is 19.3 Å². The third-order valence-electron chi connectivity index (χ3n) is 2.69. The van der Waals surface area contributed by atoms with Gasteiger partial charge in [0.1, 0.15) is 6.54 Å². The van der Waals surface area contributed by atoms with Crippen molar-refractivity contribution < 1.29 is 23.2 Å². The van der Waals surface area contributed by atoms with Gasteiger partial charge in [-0.25, -0.2) is 8.78 Å². The molecular formula is C12H10F2N2O3. The summed E-state index contributed by atoms with van der Waals surface area (Å²) in [5.41, 5.74) is -0.312. The lowest BCUT2D eigenvalue weighted by molar-refractivity contribution is -0.122. The minimum absolute atomic E-state index is 0.0832. The number of hydrogen-bond acceptors (Lipinski definition) is 3. The number of halogens is 2. The zero-order valence-electron chi connectivity index (χ0n) is 10.00. The van der Waals surface area contributed by atoms with Crippen LogP contribution in [-0.4, -0.2) is 30.7 Å². The Morgan fingerprint density at radius 1 is 1.26 bits per heavy atom. The molecule has 0 aliphatic carbocycles. The molecule has 1 aromatic rings. The number of carbonyl (C=O) groups excluding carboxylic acids is 3. The minimum atomic E-state index is -1.21. The fourth-order valence-corrected chi connectivity index (χ4v) is 1.84. The molecule has 19 heavy (non-hydrogen) atoms. The van der Waals surface area contributed by atoms with Crippen molar-refractivity contribution in [2.75, 3.05) is 18.0 Å². The Morgan fingerprint density at radius 2 is 1.89 bits per heavy atom. The molecule has 1 aliphatic rings. The van der Waals surface area contributed by atoms with Crippen LogP contribution in [0, 0.1) is 11.6 Å². The Bertz CT molecular complexity index is 587. The van der Waals surface area contributed by atoms with Crippen LogP contribution in [0.25, 0.3) is 0 Å². The summed E-state index contributed by atoms with van der Waals surface area (Å²) in [6.45, 7) is 1.65. The van der Waals surface area contributed by atoms with Gasteiger partial charge in [-0.15, -0.1) is 0 Å². The number of likely N-dealkylation sites (N-methyl/N-ethyl adjacent to an activating group) is 1. The van der Waals surface area contributed by atoms with Crippen molar-refractivity contribution >= 4 is 23.3 Å². The van der Waals surface area contributed by atoms with Crippen LogP contribution in [-0.2, 0) is 9.59 Å². The van der Waals surface area contributed by atoms with Crippen molar-refractivity contribution in [2.24, 2.45) is 0 Å². The summed E-state index contributed by atoms with van der Waals surface area (Å²) in [7, 11) is 0. The molecule has 7 heteroatoms. The van der Waals surface area contributed by atoms with Crippen molar-refractivity contribution in [3.8, 4) is 0 Å². The number of carbonyl (C=O) groups is 3. The maximum Gasteiger partial charge on any atom is 0.299 e. The largest absolute Gasteiger partial charge is 0.355 e. The summed E-state index contributed by atoms with van der Waals surface area (Å²) >= 11 is 0. The SMILES string of the molecule is CCNC(=O)CN1C(=O)C(=O)c2cc(F)c(F)cc21. The van der Waals surface area contributed by atoms with Gasteiger partial charge >= 0.3 is 0 Å². The third-order valence-corrected chi connectivity index (χ3v) is 2.69. The topological polar surface area (TPSA) is 66.5 Å². The molecule has 0 bridgehead atoms. The van der Waals surface area contributed by atoms with Crippen LogP contribution in [0.4, 0.5) is 14.5 Å². The number of fused-ring (bicyclic) bond motifs is 1. The number of amides is 2. The van der Waals surface area contributed by atoms with Crippen LogP contribution in [0.3, 0.4) is 0 Å². The number of anilines is 1. The second-order valence-electron chi connectivity index (χ2n) is 3.96. The quantitative estimate of drug-likeness (QED) is 0.818. The number of ketones is 1. The lowest BCUT2D eigenvalue weighted by Gasteiger charge is -2.15. The predicted molar refractivity (Wildman–Crippen MR) is 61.7 cm³/mol. The summed E-state index contributed by atoms with van der Waals surface area (Å²) in [6, 6.07) is 1.41. The Morgan fingerprint density at radius 3 is 2.53 bits per heavy atom. The molecular weight excluding hydrogens is 258 g/mol. The molecule has 0 saturated carbocycles. The molecule has 1 aliphatic heterocycles. The molecule has 1 heterocycles. The fraction of sp³-hybridized carbons (Fsp3) is 0.250. The summed E-state index contributed by atoms with van der Waals surface area (Å²) in [6.07, 6.45) is 0. The van der Waals surface area contributed by atoms with Crippen LogP contribution < -0.4 is 10.2 Å². The van der Waals surface area contributed by atoms with Gasteiger partial charge in [-0.05, 0) is 13.0 Å². The fourth-order valence-electron chi connectivity index (χ4n) is 1.84. The molecule has 5 nitrogen and oxygen atoms in total. The average molecular weight is 268 g/mol. The van der Waals surface area contributed by atoms with Crippen LogP contribution >= 0.6 is 0 Å². The Hall–Kier alpha value is -2.31. The van der Waals surface area contributed by atoms with E-state index in [1.54, 1.807) is 6.92 Å². The Balaban J connectivity index is 2.38. The number of Topliss-reactive ketones (excluding diaryl/α,β-unsaturated/α-hetero) is 1. The van der Waals surface area contributed by atoms with Gasteiger partial charge in [-0.1, -0.05) is 0 Å². The van der Waals surface area contributed by atoms with Crippen LogP contribution in [0.5, 0.6) is 0 Å². The predicted octanol–water partition coefficient (Wildman–Crippen LogP) is 0.630. The van der Waals surface area contributed by atoms with Crippen molar-refractivity contribution in [2.45, 2.75) is 6.92 Å². The third kappa shape index (κ3) is 2.18. The highest BCUT2D eigenvalue weighted by Crippen LogP contribution is 2.30. The molecule has 2 amide bonds. The monoisotopic (exact) mass is 268 g/mol. The number of hydrogen-bond donors (Lipinski definition) is 1. The maximum absolute atomic E-state index is 13.2. The minimum Gasteiger partial charge on any atom is -0.355 e. The smallest absolute Gasteiger partial charge is 0.299 e. The van der Waals surface area contributed by atoms with E-state index in [4.69, 9.17) is 0 Å². The van der Waals surface area contributed by atoms with Gasteiger partial charge in [0.05, 0.1) is 11.3 Å². The van der Waals surface area contributed by atoms with Crippen molar-refractivity contribution in [1.29, 1.82) is 0 Å². The summed E-state index contributed by atoms with van der Waals surface area (Å²) in [5.74, 6) is -4.78. The molecule has 0 aromatic heterocycles. The highest BCUT2D eigenvalue weighted by molar-refractivity contribution is 6.52. The average Bonchev–Trinajstić information content (AvgIpc) is 2.56. The molecule has 0 fully saturated rings. The summed E-state index contributed by atoms with van der Waals surface area (Å²) < 4.78 is 26.2. The lowest BCUT2D eigenvalue weighted by atomic mass is 10.1. The zero-order chi connectivity index (χ0) is 14.2.